The number of carbonyl (C=O) groups excluding carboxylic acids is 2. The fourth-order valence-electron chi connectivity index (χ4n) is 4.72. The first kappa shape index (κ1) is 28.6. The van der Waals surface area contributed by atoms with E-state index in [4.69, 9.17) is 11.6 Å². The molecule has 4 rings (SSSR count). The number of carbonyl (C=O) groups is 2. The Bertz CT molecular complexity index is 1370. The van der Waals surface area contributed by atoms with Crippen LogP contribution in [0.5, 0.6) is 0 Å². The number of aryl methyl sites for hydroxylation is 1. The molecule has 0 aliphatic heterocycles. The van der Waals surface area contributed by atoms with E-state index in [-0.39, 0.29) is 23.4 Å². The predicted octanol–water partition coefficient (Wildman–Crippen LogP) is 5.32. The van der Waals surface area contributed by atoms with E-state index in [0.717, 1.165) is 41.1 Å². The molecule has 0 heterocycles. The smallest absolute Gasteiger partial charge is 0.264 e. The van der Waals surface area contributed by atoms with E-state index in [1.165, 1.54) is 17.0 Å². The second-order valence-corrected chi connectivity index (χ2v) is 12.3. The molecule has 3 aromatic carbocycles. The van der Waals surface area contributed by atoms with Crippen molar-refractivity contribution in [2.24, 2.45) is 0 Å². The Labute approximate surface area is 235 Å². The van der Waals surface area contributed by atoms with E-state index in [0.29, 0.717) is 10.7 Å². The Balaban J connectivity index is 1.66. The number of halogens is 1. The van der Waals surface area contributed by atoms with Gasteiger partial charge in [-0.3, -0.25) is 13.9 Å². The number of rotatable bonds is 10. The number of hydrogen-bond acceptors (Lipinski definition) is 4. The molecule has 2 amide bonds. The van der Waals surface area contributed by atoms with Crippen molar-refractivity contribution < 1.29 is 18.0 Å². The molecular formula is C30H34ClN3O4S. The van der Waals surface area contributed by atoms with Crippen molar-refractivity contribution in [3.8, 4) is 0 Å². The largest absolute Gasteiger partial charge is 0.352 e. The topological polar surface area (TPSA) is 86.8 Å². The van der Waals surface area contributed by atoms with E-state index in [2.05, 4.69) is 5.32 Å². The molecule has 1 fully saturated rings. The minimum absolute atomic E-state index is 0.0601. The van der Waals surface area contributed by atoms with Crippen LogP contribution in [-0.4, -0.2) is 43.8 Å². The third kappa shape index (κ3) is 7.19. The fraction of sp³-hybridized carbons (Fsp3) is 0.333. The molecule has 206 valence electrons. The molecule has 0 spiro atoms. The first-order valence-electron chi connectivity index (χ1n) is 13.1. The van der Waals surface area contributed by atoms with Gasteiger partial charge in [0.1, 0.15) is 12.6 Å². The van der Waals surface area contributed by atoms with E-state index in [1.807, 2.05) is 31.2 Å². The van der Waals surface area contributed by atoms with Gasteiger partial charge in [0, 0.05) is 17.6 Å². The maximum atomic E-state index is 13.9. The Kier molecular flexibility index (Phi) is 9.30. The molecule has 0 radical (unpaired) electrons. The number of nitrogens with one attached hydrogen (secondary N) is 1. The van der Waals surface area contributed by atoms with Crippen LogP contribution in [0.2, 0.25) is 5.02 Å². The van der Waals surface area contributed by atoms with E-state index >= 15 is 0 Å². The lowest BCUT2D eigenvalue weighted by Crippen LogP contribution is -2.52. The average molecular weight is 568 g/mol. The van der Waals surface area contributed by atoms with Crippen molar-refractivity contribution in [3.05, 3.63) is 95.0 Å². The minimum Gasteiger partial charge on any atom is -0.352 e. The van der Waals surface area contributed by atoms with Gasteiger partial charge in [-0.25, -0.2) is 8.42 Å². The highest BCUT2D eigenvalue weighted by Crippen LogP contribution is 2.26. The predicted molar refractivity (Wildman–Crippen MR) is 154 cm³/mol. The number of benzene rings is 3. The summed E-state index contributed by atoms with van der Waals surface area (Å²) in [6, 6.07) is 21.3. The van der Waals surface area contributed by atoms with Crippen LogP contribution in [0.1, 0.15) is 43.7 Å². The van der Waals surface area contributed by atoms with E-state index in [1.54, 1.807) is 49.4 Å². The number of sulfonamides is 1. The monoisotopic (exact) mass is 567 g/mol. The zero-order chi connectivity index (χ0) is 28.0. The van der Waals surface area contributed by atoms with Gasteiger partial charge in [0.15, 0.2) is 0 Å². The van der Waals surface area contributed by atoms with Crippen LogP contribution < -0.4 is 9.62 Å². The summed E-state index contributed by atoms with van der Waals surface area (Å²) in [6.07, 6.45) is 3.98. The maximum absolute atomic E-state index is 13.9. The molecule has 0 unspecified atom stereocenters. The molecule has 7 nitrogen and oxygen atoms in total. The summed E-state index contributed by atoms with van der Waals surface area (Å²) in [4.78, 5) is 28.7. The molecule has 1 aliphatic rings. The highest BCUT2D eigenvalue weighted by Gasteiger charge is 2.33. The van der Waals surface area contributed by atoms with Gasteiger partial charge >= 0.3 is 0 Å². The highest BCUT2D eigenvalue weighted by atomic mass is 35.5. The van der Waals surface area contributed by atoms with Crippen LogP contribution in [0, 0.1) is 6.92 Å². The SMILES string of the molecule is Cc1ccc(CN(C(=O)CN(c2ccc(Cl)cc2)S(=O)(=O)c2ccccc2)[C@@H](C)C(=O)NC2CCCC2)cc1. The molecule has 0 aromatic heterocycles. The number of amides is 2. The van der Waals surface area contributed by atoms with Gasteiger partial charge in [0.25, 0.3) is 10.0 Å². The van der Waals surface area contributed by atoms with Crippen LogP contribution in [0.15, 0.2) is 83.8 Å². The van der Waals surface area contributed by atoms with Crippen LogP contribution in [-0.2, 0) is 26.2 Å². The molecular weight excluding hydrogens is 534 g/mol. The van der Waals surface area contributed by atoms with Crippen molar-refractivity contribution in [2.75, 3.05) is 10.8 Å². The number of hydrogen-bond donors (Lipinski definition) is 1. The zero-order valence-electron chi connectivity index (χ0n) is 22.2. The summed E-state index contributed by atoms with van der Waals surface area (Å²) in [6.45, 7) is 3.35. The third-order valence-electron chi connectivity index (χ3n) is 7.07. The van der Waals surface area contributed by atoms with Gasteiger partial charge in [0.2, 0.25) is 11.8 Å². The summed E-state index contributed by atoms with van der Waals surface area (Å²) in [5.41, 5.74) is 2.22. The summed E-state index contributed by atoms with van der Waals surface area (Å²) < 4.78 is 28.6. The first-order valence-corrected chi connectivity index (χ1v) is 15.0. The Morgan fingerprint density at radius 3 is 2.18 bits per heavy atom. The maximum Gasteiger partial charge on any atom is 0.264 e. The Hall–Kier alpha value is -3.36. The molecule has 1 N–H and O–H groups in total. The van der Waals surface area contributed by atoms with Crippen LogP contribution in [0.3, 0.4) is 0 Å². The lowest BCUT2D eigenvalue weighted by Gasteiger charge is -2.32. The minimum atomic E-state index is -4.10. The molecule has 1 saturated carbocycles. The van der Waals surface area contributed by atoms with E-state index < -0.39 is 28.5 Å². The van der Waals surface area contributed by atoms with Gasteiger partial charge in [-0.05, 0) is 68.7 Å². The quantitative estimate of drug-likeness (QED) is 0.359. The summed E-state index contributed by atoms with van der Waals surface area (Å²) in [5.74, 6) is -0.731. The first-order chi connectivity index (χ1) is 18.6. The van der Waals surface area contributed by atoms with Crippen LogP contribution >= 0.6 is 11.6 Å². The Morgan fingerprint density at radius 1 is 0.949 bits per heavy atom. The normalized spacial score (nSPS) is 14.5. The zero-order valence-corrected chi connectivity index (χ0v) is 23.8. The van der Waals surface area contributed by atoms with Crippen molar-refractivity contribution in [1.29, 1.82) is 0 Å². The lowest BCUT2D eigenvalue weighted by molar-refractivity contribution is -0.139. The van der Waals surface area contributed by atoms with Crippen LogP contribution in [0.25, 0.3) is 0 Å². The molecule has 1 aliphatic carbocycles. The molecule has 0 bridgehead atoms. The Morgan fingerprint density at radius 2 is 1.56 bits per heavy atom. The number of nitrogens with zero attached hydrogens (tertiary/aromatic N) is 2. The molecule has 0 saturated heterocycles. The van der Waals surface area contributed by atoms with Crippen molar-refractivity contribution >= 4 is 39.1 Å². The summed E-state index contributed by atoms with van der Waals surface area (Å²) in [5, 5.41) is 3.52. The molecule has 1 atom stereocenters. The van der Waals surface area contributed by atoms with Crippen molar-refractivity contribution in [3.63, 3.8) is 0 Å². The summed E-state index contributed by atoms with van der Waals surface area (Å²) >= 11 is 6.06. The highest BCUT2D eigenvalue weighted by molar-refractivity contribution is 7.92. The molecule has 3 aromatic rings. The second-order valence-electron chi connectivity index (χ2n) is 9.97. The fourth-order valence-corrected chi connectivity index (χ4v) is 6.28. The average Bonchev–Trinajstić information content (AvgIpc) is 3.45. The van der Waals surface area contributed by atoms with Crippen molar-refractivity contribution in [2.45, 2.75) is 63.1 Å². The van der Waals surface area contributed by atoms with Gasteiger partial charge in [-0.15, -0.1) is 0 Å². The van der Waals surface area contributed by atoms with Crippen molar-refractivity contribution in [1.82, 2.24) is 10.2 Å². The van der Waals surface area contributed by atoms with E-state index in [9.17, 15) is 18.0 Å². The van der Waals surface area contributed by atoms with Crippen LogP contribution in [0.4, 0.5) is 5.69 Å². The van der Waals surface area contributed by atoms with Gasteiger partial charge in [0.05, 0.1) is 10.6 Å². The summed E-state index contributed by atoms with van der Waals surface area (Å²) in [7, 11) is -4.10. The van der Waals surface area contributed by atoms with Gasteiger partial charge in [-0.2, -0.15) is 0 Å². The van der Waals surface area contributed by atoms with Gasteiger partial charge < -0.3 is 10.2 Å². The molecule has 9 heteroatoms. The standard InChI is InChI=1S/C30H34ClN3O4S/c1-22-12-14-24(15-13-22)20-33(23(2)30(36)32-26-8-6-7-9-26)29(35)21-34(27-18-16-25(31)17-19-27)39(37,38)28-10-4-3-5-11-28/h3-5,10-19,23,26H,6-9,20-21H2,1-2H3,(H,32,36)/t23-/m0/s1. The molecule has 39 heavy (non-hydrogen) atoms. The second kappa shape index (κ2) is 12.7. The van der Waals surface area contributed by atoms with Gasteiger partial charge in [-0.1, -0.05) is 72.5 Å². The lowest BCUT2D eigenvalue weighted by atomic mass is 10.1. The third-order valence-corrected chi connectivity index (χ3v) is 9.11. The number of anilines is 1.